The molecule has 2 nitrogen and oxygen atoms in total. The van der Waals surface area contributed by atoms with Gasteiger partial charge in [0.05, 0.1) is 0 Å². The molecule has 13 heavy (non-hydrogen) atoms. The number of hydrogen-bond acceptors (Lipinski definition) is 2. The Balaban J connectivity index is 1.99. The van der Waals surface area contributed by atoms with Crippen LogP contribution in [0.2, 0.25) is 0 Å². The summed E-state index contributed by atoms with van der Waals surface area (Å²) in [6.45, 7) is 1.94. The van der Waals surface area contributed by atoms with E-state index in [4.69, 9.17) is 4.74 Å². The van der Waals surface area contributed by atoms with E-state index in [1.807, 2.05) is 6.07 Å². The first-order valence-electron chi connectivity index (χ1n) is 4.86. The van der Waals surface area contributed by atoms with Crippen LogP contribution in [0.15, 0.2) is 24.3 Å². The highest BCUT2D eigenvalue weighted by Gasteiger charge is 2.46. The lowest BCUT2D eigenvalue weighted by atomic mass is 10.2. The molecule has 1 heterocycles. The minimum absolute atomic E-state index is 0.145. The summed E-state index contributed by atoms with van der Waals surface area (Å²) in [5, 5.41) is 3.43. The van der Waals surface area contributed by atoms with Crippen LogP contribution in [0.3, 0.4) is 0 Å². The number of hydrogen-bond donors (Lipinski definition) is 1. The van der Waals surface area contributed by atoms with Crippen molar-refractivity contribution in [3.63, 3.8) is 0 Å². The number of rotatable bonds is 0. The first-order chi connectivity index (χ1) is 6.38. The van der Waals surface area contributed by atoms with Crippen LogP contribution in [0.25, 0.3) is 0 Å². The van der Waals surface area contributed by atoms with E-state index in [0.29, 0.717) is 0 Å². The predicted molar refractivity (Wildman–Crippen MR) is 50.7 cm³/mol. The first-order valence-corrected chi connectivity index (χ1v) is 4.86. The second-order valence-electron chi connectivity index (χ2n) is 4.00. The molecule has 1 aliphatic heterocycles. The van der Waals surface area contributed by atoms with E-state index in [9.17, 15) is 0 Å². The normalized spacial score (nSPS) is 23.1. The Morgan fingerprint density at radius 2 is 2.08 bits per heavy atom. The highest BCUT2D eigenvalue weighted by atomic mass is 16.5. The average Bonchev–Trinajstić information content (AvgIpc) is 2.92. The molecule has 0 amide bonds. The van der Waals surface area contributed by atoms with Gasteiger partial charge in [-0.05, 0) is 18.9 Å². The fourth-order valence-corrected chi connectivity index (χ4v) is 1.86. The molecule has 3 rings (SSSR count). The van der Waals surface area contributed by atoms with Crippen LogP contribution in [0.4, 0.5) is 0 Å². The largest absolute Gasteiger partial charge is 0.486 e. The van der Waals surface area contributed by atoms with Crippen LogP contribution in [0, 0.1) is 0 Å². The van der Waals surface area contributed by atoms with E-state index < -0.39 is 0 Å². The molecule has 0 bridgehead atoms. The Kier molecular flexibility index (Phi) is 1.41. The molecule has 2 heteroatoms. The van der Waals surface area contributed by atoms with Gasteiger partial charge in [-0.3, -0.25) is 0 Å². The molecule has 1 spiro atoms. The van der Waals surface area contributed by atoms with Gasteiger partial charge in [0.25, 0.3) is 0 Å². The van der Waals surface area contributed by atoms with E-state index >= 15 is 0 Å². The van der Waals surface area contributed by atoms with Crippen LogP contribution in [-0.4, -0.2) is 12.1 Å². The van der Waals surface area contributed by atoms with Crippen LogP contribution < -0.4 is 10.1 Å². The maximum absolute atomic E-state index is 5.99. The van der Waals surface area contributed by atoms with Crippen molar-refractivity contribution >= 4 is 0 Å². The zero-order valence-electron chi connectivity index (χ0n) is 7.55. The summed E-state index contributed by atoms with van der Waals surface area (Å²) in [6.07, 6.45) is 2.41. The van der Waals surface area contributed by atoms with E-state index in [0.717, 1.165) is 18.8 Å². The molecule has 1 fully saturated rings. The Labute approximate surface area is 77.9 Å². The molecule has 1 aromatic carbocycles. The molecule has 1 N–H and O–H groups in total. The van der Waals surface area contributed by atoms with Gasteiger partial charge >= 0.3 is 0 Å². The van der Waals surface area contributed by atoms with Gasteiger partial charge in [-0.25, -0.2) is 0 Å². The summed E-state index contributed by atoms with van der Waals surface area (Å²) in [7, 11) is 0. The molecule has 0 radical (unpaired) electrons. The van der Waals surface area contributed by atoms with Gasteiger partial charge in [0.15, 0.2) is 0 Å². The Bertz CT molecular complexity index is 331. The predicted octanol–water partition coefficient (Wildman–Crippen LogP) is 1.70. The van der Waals surface area contributed by atoms with Gasteiger partial charge in [-0.2, -0.15) is 0 Å². The molecular formula is C11H13NO. The average molecular weight is 175 g/mol. The van der Waals surface area contributed by atoms with Gasteiger partial charge in [0, 0.05) is 18.7 Å². The summed E-state index contributed by atoms with van der Waals surface area (Å²) in [6, 6.07) is 8.31. The lowest BCUT2D eigenvalue weighted by Gasteiger charge is -2.14. The third kappa shape index (κ3) is 1.22. The van der Waals surface area contributed by atoms with Crippen LogP contribution in [0.5, 0.6) is 5.75 Å². The van der Waals surface area contributed by atoms with Crippen molar-refractivity contribution in [3.05, 3.63) is 29.8 Å². The van der Waals surface area contributed by atoms with Gasteiger partial charge in [-0.1, -0.05) is 18.2 Å². The van der Waals surface area contributed by atoms with Crippen molar-refractivity contribution < 1.29 is 4.74 Å². The zero-order valence-corrected chi connectivity index (χ0v) is 7.55. The van der Waals surface area contributed by atoms with E-state index in [1.54, 1.807) is 0 Å². The number of ether oxygens (including phenoxy) is 1. The first kappa shape index (κ1) is 7.39. The Hall–Kier alpha value is -1.02. The number of para-hydroxylation sites is 1. The summed E-state index contributed by atoms with van der Waals surface area (Å²) >= 11 is 0. The second kappa shape index (κ2) is 2.48. The van der Waals surface area contributed by atoms with Gasteiger partial charge in [0.1, 0.15) is 11.4 Å². The van der Waals surface area contributed by atoms with Crippen molar-refractivity contribution in [2.75, 3.05) is 6.54 Å². The molecule has 1 aromatic rings. The highest BCUT2D eigenvalue weighted by molar-refractivity contribution is 5.35. The van der Waals surface area contributed by atoms with Crippen molar-refractivity contribution in [1.82, 2.24) is 5.32 Å². The fourth-order valence-electron chi connectivity index (χ4n) is 1.86. The molecule has 68 valence electrons. The summed E-state index contributed by atoms with van der Waals surface area (Å²) in [4.78, 5) is 0. The highest BCUT2D eigenvalue weighted by Crippen LogP contribution is 2.41. The third-order valence-corrected chi connectivity index (χ3v) is 2.87. The van der Waals surface area contributed by atoms with Gasteiger partial charge < -0.3 is 10.1 Å². The summed E-state index contributed by atoms with van der Waals surface area (Å²) < 4.78 is 5.99. The van der Waals surface area contributed by atoms with Crippen LogP contribution in [-0.2, 0) is 6.54 Å². The summed E-state index contributed by atoms with van der Waals surface area (Å²) in [5.41, 5.74) is 1.43. The molecule has 1 aliphatic carbocycles. The molecule has 1 saturated carbocycles. The van der Waals surface area contributed by atoms with Crippen molar-refractivity contribution in [2.45, 2.75) is 25.0 Å². The topological polar surface area (TPSA) is 21.3 Å². The van der Waals surface area contributed by atoms with E-state index in [2.05, 4.69) is 23.5 Å². The smallest absolute Gasteiger partial charge is 0.124 e. The molecule has 0 atom stereocenters. The maximum Gasteiger partial charge on any atom is 0.124 e. The number of fused-ring (bicyclic) bond motifs is 1. The maximum atomic E-state index is 5.99. The minimum atomic E-state index is 0.145. The quantitative estimate of drug-likeness (QED) is 0.648. The molecule has 0 aromatic heterocycles. The molecule has 0 saturated heterocycles. The van der Waals surface area contributed by atoms with E-state index in [-0.39, 0.29) is 5.60 Å². The van der Waals surface area contributed by atoms with E-state index in [1.165, 1.54) is 18.4 Å². The molecule has 0 unspecified atom stereocenters. The van der Waals surface area contributed by atoms with Crippen molar-refractivity contribution in [2.24, 2.45) is 0 Å². The SMILES string of the molecule is c1ccc2c(c1)CNCC1(CC1)O2. The number of benzene rings is 1. The van der Waals surface area contributed by atoms with Crippen LogP contribution in [0.1, 0.15) is 18.4 Å². The van der Waals surface area contributed by atoms with Crippen LogP contribution >= 0.6 is 0 Å². The standard InChI is InChI=1S/C11H13NO/c1-2-4-10-9(3-1)7-12-8-11(13-10)5-6-11/h1-4,12H,5-8H2. The summed E-state index contributed by atoms with van der Waals surface area (Å²) in [5.74, 6) is 1.07. The molecule has 2 aliphatic rings. The monoisotopic (exact) mass is 175 g/mol. The van der Waals surface area contributed by atoms with Crippen molar-refractivity contribution in [3.8, 4) is 5.75 Å². The zero-order chi connectivity index (χ0) is 8.73. The molecular weight excluding hydrogens is 162 g/mol. The Morgan fingerprint density at radius 3 is 2.92 bits per heavy atom. The van der Waals surface area contributed by atoms with Gasteiger partial charge in [-0.15, -0.1) is 0 Å². The van der Waals surface area contributed by atoms with Crippen molar-refractivity contribution in [1.29, 1.82) is 0 Å². The number of nitrogens with one attached hydrogen (secondary N) is 1. The Morgan fingerprint density at radius 1 is 1.23 bits per heavy atom. The minimum Gasteiger partial charge on any atom is -0.486 e. The second-order valence-corrected chi connectivity index (χ2v) is 4.00. The fraction of sp³-hybridized carbons (Fsp3) is 0.455. The lowest BCUT2D eigenvalue weighted by molar-refractivity contribution is 0.184. The lowest BCUT2D eigenvalue weighted by Crippen LogP contribution is -2.29. The third-order valence-electron chi connectivity index (χ3n) is 2.87. The van der Waals surface area contributed by atoms with Gasteiger partial charge in [0.2, 0.25) is 0 Å².